The lowest BCUT2D eigenvalue weighted by atomic mass is 10.2. The zero-order valence-electron chi connectivity index (χ0n) is 11.6. The lowest BCUT2D eigenvalue weighted by molar-refractivity contribution is -0.140. The topological polar surface area (TPSA) is 52.7 Å². The second kappa shape index (κ2) is 7.14. The highest BCUT2D eigenvalue weighted by Gasteiger charge is 2.30. The highest BCUT2D eigenvalue weighted by molar-refractivity contribution is 7.99. The molecule has 5 nitrogen and oxygen atoms in total. The first kappa shape index (κ1) is 14.7. The highest BCUT2D eigenvalue weighted by Crippen LogP contribution is 2.14. The minimum atomic E-state index is -0.0210. The summed E-state index contributed by atoms with van der Waals surface area (Å²) in [6.45, 7) is 4.83. The van der Waals surface area contributed by atoms with Crippen molar-refractivity contribution in [1.29, 1.82) is 0 Å². The number of hydrogen-bond acceptors (Lipinski definition) is 4. The molecule has 0 aromatic carbocycles. The Balaban J connectivity index is 1.75. The predicted molar refractivity (Wildman–Crippen MR) is 76.9 cm³/mol. The predicted octanol–water partition coefficient (Wildman–Crippen LogP) is 0.510. The van der Waals surface area contributed by atoms with Gasteiger partial charge in [0.2, 0.25) is 11.8 Å². The van der Waals surface area contributed by atoms with Gasteiger partial charge in [0.25, 0.3) is 0 Å². The third-order valence-corrected chi connectivity index (χ3v) is 4.64. The first-order valence-corrected chi connectivity index (χ1v) is 8.25. The maximum Gasteiger partial charge on any atom is 0.240 e. The summed E-state index contributed by atoms with van der Waals surface area (Å²) < 4.78 is 0. The first-order valence-electron chi connectivity index (χ1n) is 7.10. The normalized spacial score (nSPS) is 23.7. The Morgan fingerprint density at radius 1 is 1.21 bits per heavy atom. The molecule has 2 amide bonds. The van der Waals surface area contributed by atoms with Crippen molar-refractivity contribution in [3.8, 4) is 0 Å². The van der Waals surface area contributed by atoms with Crippen molar-refractivity contribution in [1.82, 2.24) is 15.1 Å². The summed E-state index contributed by atoms with van der Waals surface area (Å²) in [4.78, 5) is 27.9. The van der Waals surface area contributed by atoms with E-state index in [1.807, 2.05) is 9.80 Å². The van der Waals surface area contributed by atoms with Crippen LogP contribution < -0.4 is 5.32 Å². The second-order valence-electron chi connectivity index (χ2n) is 5.08. The van der Waals surface area contributed by atoms with E-state index in [9.17, 15) is 9.59 Å². The van der Waals surface area contributed by atoms with Gasteiger partial charge in [0, 0.05) is 44.2 Å². The van der Waals surface area contributed by atoms with E-state index in [0.29, 0.717) is 32.6 Å². The van der Waals surface area contributed by atoms with Gasteiger partial charge < -0.3 is 9.80 Å². The van der Waals surface area contributed by atoms with Crippen LogP contribution in [0.5, 0.6) is 0 Å². The van der Waals surface area contributed by atoms with Gasteiger partial charge in [-0.25, -0.2) is 0 Å². The first-order chi connectivity index (χ1) is 9.22. The van der Waals surface area contributed by atoms with Crippen LogP contribution in [-0.4, -0.2) is 65.5 Å². The van der Waals surface area contributed by atoms with Crippen LogP contribution in [0.3, 0.4) is 0 Å². The molecule has 1 unspecified atom stereocenters. The fourth-order valence-corrected chi connectivity index (χ4v) is 3.37. The Morgan fingerprint density at radius 2 is 1.89 bits per heavy atom. The van der Waals surface area contributed by atoms with Crippen molar-refractivity contribution in [3.63, 3.8) is 0 Å². The van der Waals surface area contributed by atoms with Crippen molar-refractivity contribution < 1.29 is 9.59 Å². The molecule has 2 rings (SSSR count). The van der Waals surface area contributed by atoms with Gasteiger partial charge in [0.05, 0.1) is 6.04 Å². The monoisotopic (exact) mass is 285 g/mol. The number of rotatable bonds is 4. The number of amides is 2. The van der Waals surface area contributed by atoms with Crippen molar-refractivity contribution in [2.24, 2.45) is 0 Å². The van der Waals surface area contributed by atoms with Crippen LogP contribution in [0.1, 0.15) is 26.2 Å². The Labute approximate surface area is 119 Å². The van der Waals surface area contributed by atoms with E-state index in [2.05, 4.69) is 12.2 Å². The molecular weight excluding hydrogens is 262 g/mol. The molecule has 0 radical (unpaired) electrons. The van der Waals surface area contributed by atoms with E-state index in [4.69, 9.17) is 0 Å². The average molecular weight is 285 g/mol. The molecule has 6 heteroatoms. The lowest BCUT2D eigenvalue weighted by Gasteiger charge is -2.36. The smallest absolute Gasteiger partial charge is 0.240 e. The number of nitrogens with one attached hydrogen (secondary N) is 1. The van der Waals surface area contributed by atoms with Crippen molar-refractivity contribution in [3.05, 3.63) is 0 Å². The van der Waals surface area contributed by atoms with E-state index in [1.165, 1.54) is 0 Å². The number of carbonyl (C=O) groups excluding carboxylic acids is 2. The summed E-state index contributed by atoms with van der Waals surface area (Å²) in [6, 6.07) is -0.0210. The molecule has 2 fully saturated rings. The van der Waals surface area contributed by atoms with Crippen LogP contribution in [0.15, 0.2) is 0 Å². The number of carbonyl (C=O) groups is 2. The minimum Gasteiger partial charge on any atom is -0.339 e. The maximum absolute atomic E-state index is 12.2. The lowest BCUT2D eigenvalue weighted by Crippen LogP contribution is -2.54. The third-order valence-electron chi connectivity index (χ3n) is 3.70. The van der Waals surface area contributed by atoms with Crippen molar-refractivity contribution in [2.45, 2.75) is 32.2 Å². The van der Waals surface area contributed by atoms with Gasteiger partial charge in [0.15, 0.2) is 0 Å². The fraction of sp³-hybridized carbons (Fsp3) is 0.846. The number of hydrogen-bond donors (Lipinski definition) is 1. The number of thioether (sulfide) groups is 1. The summed E-state index contributed by atoms with van der Waals surface area (Å²) in [6.07, 6.45) is 2.65. The zero-order valence-corrected chi connectivity index (χ0v) is 12.4. The van der Waals surface area contributed by atoms with Crippen molar-refractivity contribution in [2.75, 3.05) is 37.8 Å². The van der Waals surface area contributed by atoms with E-state index in [1.54, 1.807) is 11.8 Å². The van der Waals surface area contributed by atoms with Crippen LogP contribution in [0.2, 0.25) is 0 Å². The maximum atomic E-state index is 12.2. The summed E-state index contributed by atoms with van der Waals surface area (Å²) >= 11 is 1.77. The molecule has 1 atom stereocenters. The number of piperazine rings is 1. The summed E-state index contributed by atoms with van der Waals surface area (Å²) in [5.41, 5.74) is 0. The van der Waals surface area contributed by atoms with E-state index < -0.39 is 0 Å². The van der Waals surface area contributed by atoms with Crippen LogP contribution in [-0.2, 0) is 9.59 Å². The molecule has 0 spiro atoms. The Bertz CT molecular complexity index is 324. The van der Waals surface area contributed by atoms with Crippen LogP contribution in [0, 0.1) is 0 Å². The molecule has 2 saturated heterocycles. The molecule has 2 heterocycles. The fourth-order valence-electron chi connectivity index (χ4n) is 2.44. The molecule has 19 heavy (non-hydrogen) atoms. The Morgan fingerprint density at radius 3 is 2.47 bits per heavy atom. The largest absolute Gasteiger partial charge is 0.339 e. The SMILES string of the molecule is CCCCC(=O)N1CCN(C(=O)C2CSCN2)CC1. The van der Waals surface area contributed by atoms with Gasteiger partial charge in [-0.3, -0.25) is 14.9 Å². The van der Waals surface area contributed by atoms with Crippen LogP contribution in [0.4, 0.5) is 0 Å². The van der Waals surface area contributed by atoms with E-state index in [0.717, 1.165) is 24.5 Å². The number of unbranched alkanes of at least 4 members (excludes halogenated alkanes) is 1. The summed E-state index contributed by atoms with van der Waals surface area (Å²) in [5, 5.41) is 3.21. The Hall–Kier alpha value is -0.750. The van der Waals surface area contributed by atoms with Gasteiger partial charge in [-0.05, 0) is 6.42 Å². The molecule has 2 aliphatic rings. The third kappa shape index (κ3) is 3.86. The molecule has 2 aliphatic heterocycles. The summed E-state index contributed by atoms with van der Waals surface area (Å²) in [7, 11) is 0. The molecule has 0 saturated carbocycles. The molecule has 0 bridgehead atoms. The molecule has 0 aromatic rings. The van der Waals surface area contributed by atoms with Gasteiger partial charge >= 0.3 is 0 Å². The highest BCUT2D eigenvalue weighted by atomic mass is 32.2. The van der Waals surface area contributed by atoms with E-state index in [-0.39, 0.29) is 17.9 Å². The van der Waals surface area contributed by atoms with Gasteiger partial charge in [-0.2, -0.15) is 0 Å². The van der Waals surface area contributed by atoms with Gasteiger partial charge in [-0.15, -0.1) is 11.8 Å². The molecule has 0 aliphatic carbocycles. The Kier molecular flexibility index (Phi) is 5.51. The molecule has 1 N–H and O–H groups in total. The van der Waals surface area contributed by atoms with Gasteiger partial charge in [0.1, 0.15) is 0 Å². The zero-order chi connectivity index (χ0) is 13.7. The standard InChI is InChI=1S/C13H23N3O2S/c1-2-3-4-12(17)15-5-7-16(8-6-15)13(18)11-9-19-10-14-11/h11,14H,2-10H2,1H3. The van der Waals surface area contributed by atoms with Crippen LogP contribution >= 0.6 is 11.8 Å². The van der Waals surface area contributed by atoms with Gasteiger partial charge in [-0.1, -0.05) is 13.3 Å². The molecular formula is C13H23N3O2S. The second-order valence-corrected chi connectivity index (χ2v) is 6.11. The quantitative estimate of drug-likeness (QED) is 0.818. The average Bonchev–Trinajstić information content (AvgIpc) is 2.98. The minimum absolute atomic E-state index is 0.0210. The van der Waals surface area contributed by atoms with Crippen LogP contribution in [0.25, 0.3) is 0 Å². The molecule has 0 aromatic heterocycles. The van der Waals surface area contributed by atoms with Crippen molar-refractivity contribution >= 4 is 23.6 Å². The number of nitrogens with zero attached hydrogens (tertiary/aromatic N) is 2. The molecule has 108 valence electrons. The summed E-state index contributed by atoms with van der Waals surface area (Å²) in [5.74, 6) is 2.18. The van der Waals surface area contributed by atoms with E-state index >= 15 is 0 Å².